The molecule has 0 spiro atoms. The molecule has 1 aromatic rings. The lowest BCUT2D eigenvalue weighted by molar-refractivity contribution is -0.128. The van der Waals surface area contributed by atoms with Gasteiger partial charge in [-0.1, -0.05) is 24.9 Å². The fraction of sp³-hybridized carbons (Fsp3) is 0.571. The van der Waals surface area contributed by atoms with Crippen LogP contribution < -0.4 is 4.90 Å². The first-order chi connectivity index (χ1) is 9.65. The van der Waals surface area contributed by atoms with Crippen LogP contribution in [-0.4, -0.2) is 47.9 Å². The predicted octanol–water partition coefficient (Wildman–Crippen LogP) is 2.57. The number of aryl methyl sites for hydroxylation is 1. The van der Waals surface area contributed by atoms with Crippen molar-refractivity contribution in [2.45, 2.75) is 19.8 Å². The zero-order valence-electron chi connectivity index (χ0n) is 11.6. The number of alkyl halides is 1. The number of rotatable bonds is 4. The van der Waals surface area contributed by atoms with E-state index in [1.807, 2.05) is 12.3 Å². The van der Waals surface area contributed by atoms with E-state index in [2.05, 4.69) is 16.8 Å². The molecule has 0 radical (unpaired) electrons. The molecule has 1 amide bonds. The zero-order valence-corrected chi connectivity index (χ0v) is 13.1. The Bertz CT molecular complexity index is 473. The number of pyridine rings is 1. The van der Waals surface area contributed by atoms with Gasteiger partial charge in [0.2, 0.25) is 5.91 Å². The highest BCUT2D eigenvalue weighted by molar-refractivity contribution is 6.33. The Morgan fingerprint density at radius 1 is 1.35 bits per heavy atom. The van der Waals surface area contributed by atoms with Crippen molar-refractivity contribution in [2.24, 2.45) is 0 Å². The molecule has 2 heterocycles. The number of aromatic nitrogens is 1. The molecule has 1 aliphatic heterocycles. The minimum atomic E-state index is -0.0105. The summed E-state index contributed by atoms with van der Waals surface area (Å²) in [6.45, 7) is 4.94. The van der Waals surface area contributed by atoms with Gasteiger partial charge >= 0.3 is 0 Å². The number of hydrogen-bond donors (Lipinski definition) is 0. The van der Waals surface area contributed by atoms with E-state index >= 15 is 0 Å². The molecule has 20 heavy (non-hydrogen) atoms. The summed E-state index contributed by atoms with van der Waals surface area (Å²) in [4.78, 5) is 19.9. The van der Waals surface area contributed by atoms with E-state index in [-0.39, 0.29) is 11.8 Å². The van der Waals surface area contributed by atoms with Gasteiger partial charge in [-0.2, -0.15) is 0 Å². The van der Waals surface area contributed by atoms with Gasteiger partial charge in [-0.15, -0.1) is 11.6 Å². The Morgan fingerprint density at radius 3 is 2.60 bits per heavy atom. The number of carbonyl (C=O) groups excluding carboxylic acids is 1. The third-order valence-electron chi connectivity index (χ3n) is 3.46. The molecule has 0 aliphatic carbocycles. The Kier molecular flexibility index (Phi) is 5.49. The highest BCUT2D eigenvalue weighted by atomic mass is 35.5. The second-order valence-corrected chi connectivity index (χ2v) is 5.57. The van der Waals surface area contributed by atoms with Crippen LogP contribution in [0.5, 0.6) is 0 Å². The molecule has 0 atom stereocenters. The van der Waals surface area contributed by atoms with Crippen LogP contribution in [0, 0.1) is 0 Å². The lowest BCUT2D eigenvalue weighted by atomic mass is 10.2. The molecule has 0 saturated carbocycles. The van der Waals surface area contributed by atoms with E-state index in [1.54, 1.807) is 4.90 Å². The first-order valence-electron chi connectivity index (χ1n) is 6.88. The molecule has 110 valence electrons. The van der Waals surface area contributed by atoms with Gasteiger partial charge in [0.1, 0.15) is 11.7 Å². The summed E-state index contributed by atoms with van der Waals surface area (Å²) in [6.07, 6.45) is 3.96. The van der Waals surface area contributed by atoms with Crippen molar-refractivity contribution < 1.29 is 4.79 Å². The van der Waals surface area contributed by atoms with Crippen LogP contribution in [0.25, 0.3) is 0 Å². The molecule has 1 aromatic heterocycles. The van der Waals surface area contributed by atoms with Crippen LogP contribution in [0.4, 0.5) is 5.82 Å². The monoisotopic (exact) mass is 315 g/mol. The van der Waals surface area contributed by atoms with E-state index in [9.17, 15) is 4.79 Å². The molecule has 1 aliphatic rings. The van der Waals surface area contributed by atoms with Gasteiger partial charge in [0, 0.05) is 32.4 Å². The van der Waals surface area contributed by atoms with Gasteiger partial charge in [0.25, 0.3) is 0 Å². The number of anilines is 1. The maximum absolute atomic E-state index is 11.5. The Labute approximate surface area is 129 Å². The van der Waals surface area contributed by atoms with Crippen molar-refractivity contribution >= 4 is 34.9 Å². The van der Waals surface area contributed by atoms with Gasteiger partial charge < -0.3 is 9.80 Å². The normalized spacial score (nSPS) is 15.6. The summed E-state index contributed by atoms with van der Waals surface area (Å²) < 4.78 is 0. The van der Waals surface area contributed by atoms with Crippen LogP contribution in [0.3, 0.4) is 0 Å². The summed E-state index contributed by atoms with van der Waals surface area (Å²) in [5.41, 5.74) is 1.16. The average molecular weight is 316 g/mol. The van der Waals surface area contributed by atoms with E-state index in [0.717, 1.165) is 37.3 Å². The van der Waals surface area contributed by atoms with E-state index < -0.39 is 0 Å². The first kappa shape index (κ1) is 15.4. The number of piperazine rings is 1. The quantitative estimate of drug-likeness (QED) is 0.801. The molecule has 1 saturated heterocycles. The molecule has 0 unspecified atom stereocenters. The number of halogens is 2. The molecule has 1 fully saturated rings. The largest absolute Gasteiger partial charge is 0.352 e. The molecular formula is C14H19Cl2N3O. The summed E-state index contributed by atoms with van der Waals surface area (Å²) in [5.74, 6) is 0.846. The van der Waals surface area contributed by atoms with Crippen LogP contribution >= 0.6 is 23.2 Å². The highest BCUT2D eigenvalue weighted by Gasteiger charge is 2.22. The molecule has 0 bridgehead atoms. The maximum Gasteiger partial charge on any atom is 0.237 e. The maximum atomic E-state index is 11.5. The zero-order chi connectivity index (χ0) is 14.5. The van der Waals surface area contributed by atoms with Crippen molar-refractivity contribution in [1.82, 2.24) is 9.88 Å². The van der Waals surface area contributed by atoms with Gasteiger partial charge in [-0.25, -0.2) is 4.98 Å². The van der Waals surface area contributed by atoms with Crippen molar-refractivity contribution in [1.29, 1.82) is 0 Å². The van der Waals surface area contributed by atoms with Gasteiger partial charge in [0.15, 0.2) is 0 Å². The van der Waals surface area contributed by atoms with Crippen LogP contribution in [0.2, 0.25) is 5.02 Å². The fourth-order valence-electron chi connectivity index (χ4n) is 2.38. The van der Waals surface area contributed by atoms with Crippen LogP contribution in [0.15, 0.2) is 12.3 Å². The van der Waals surface area contributed by atoms with Gasteiger partial charge in [-0.05, 0) is 18.1 Å². The second kappa shape index (κ2) is 7.14. The minimum Gasteiger partial charge on any atom is -0.352 e. The Hall–Kier alpha value is -1.00. The summed E-state index contributed by atoms with van der Waals surface area (Å²) in [7, 11) is 0. The minimum absolute atomic E-state index is 0.0105. The van der Waals surface area contributed by atoms with E-state index in [4.69, 9.17) is 23.2 Å². The third-order valence-corrected chi connectivity index (χ3v) is 3.97. The molecule has 6 heteroatoms. The standard InChI is InChI=1S/C14H19Cl2N3O/c1-2-3-11-8-12(16)14(17-10-11)19-6-4-18(5-7-19)13(20)9-15/h8,10H,2-7,9H2,1H3. The lowest BCUT2D eigenvalue weighted by Gasteiger charge is -2.35. The third kappa shape index (κ3) is 3.55. The Balaban J connectivity index is 2.01. The predicted molar refractivity (Wildman–Crippen MR) is 82.8 cm³/mol. The smallest absolute Gasteiger partial charge is 0.237 e. The SMILES string of the molecule is CCCc1cnc(N2CCN(C(=O)CCl)CC2)c(Cl)c1. The van der Waals surface area contributed by atoms with Crippen LogP contribution in [0.1, 0.15) is 18.9 Å². The van der Waals surface area contributed by atoms with Crippen molar-refractivity contribution in [3.8, 4) is 0 Å². The highest BCUT2D eigenvalue weighted by Crippen LogP contribution is 2.25. The number of nitrogens with zero attached hydrogens (tertiary/aromatic N) is 3. The summed E-state index contributed by atoms with van der Waals surface area (Å²) in [5, 5.41) is 0.688. The second-order valence-electron chi connectivity index (χ2n) is 4.90. The number of hydrogen-bond acceptors (Lipinski definition) is 3. The summed E-state index contributed by atoms with van der Waals surface area (Å²) in [6, 6.07) is 1.99. The van der Waals surface area contributed by atoms with Crippen molar-refractivity contribution in [2.75, 3.05) is 37.0 Å². The number of amides is 1. The molecular weight excluding hydrogens is 297 g/mol. The molecule has 2 rings (SSSR count). The first-order valence-corrected chi connectivity index (χ1v) is 7.80. The van der Waals surface area contributed by atoms with Crippen molar-refractivity contribution in [3.05, 3.63) is 22.8 Å². The van der Waals surface area contributed by atoms with Crippen LogP contribution in [-0.2, 0) is 11.2 Å². The van der Waals surface area contributed by atoms with Gasteiger partial charge in [0.05, 0.1) is 5.02 Å². The van der Waals surface area contributed by atoms with E-state index in [0.29, 0.717) is 18.1 Å². The van der Waals surface area contributed by atoms with E-state index in [1.165, 1.54) is 0 Å². The lowest BCUT2D eigenvalue weighted by Crippen LogP contribution is -2.49. The average Bonchev–Trinajstić information content (AvgIpc) is 2.47. The number of carbonyl (C=O) groups is 1. The van der Waals surface area contributed by atoms with Gasteiger partial charge in [-0.3, -0.25) is 4.79 Å². The Morgan fingerprint density at radius 2 is 2.05 bits per heavy atom. The summed E-state index contributed by atoms with van der Waals surface area (Å²) >= 11 is 11.9. The van der Waals surface area contributed by atoms with Crippen molar-refractivity contribution in [3.63, 3.8) is 0 Å². The molecule has 0 N–H and O–H groups in total. The fourth-order valence-corrected chi connectivity index (χ4v) is 2.86. The topological polar surface area (TPSA) is 36.4 Å². The molecule has 4 nitrogen and oxygen atoms in total. The molecule has 0 aromatic carbocycles.